The molecule has 0 bridgehead atoms. The minimum absolute atomic E-state index is 0.0303. The summed E-state index contributed by atoms with van der Waals surface area (Å²) in [5.74, 6) is 0.593. The zero-order valence-electron chi connectivity index (χ0n) is 11.0. The van der Waals surface area contributed by atoms with E-state index in [1.54, 1.807) is 0 Å². The number of hydrogen-bond donors (Lipinski definition) is 2. The van der Waals surface area contributed by atoms with Crippen molar-refractivity contribution >= 4 is 11.7 Å². The van der Waals surface area contributed by atoms with E-state index < -0.39 is 0 Å². The molecule has 0 saturated heterocycles. The first-order chi connectivity index (χ1) is 8.54. The Balaban J connectivity index is 2.57. The van der Waals surface area contributed by atoms with Gasteiger partial charge in [0.2, 0.25) is 5.91 Å². The fraction of sp³-hybridized carbons (Fsp3) is 0.462. The number of carbonyl (C=O) groups is 1. The molecule has 1 aromatic heterocycles. The standard InChI is InChI=1S/C13H18N4O/c1-9-7-10(2)17-13(12(9)8-14)16-6-4-5-15-11(3)18/h7H,4-6H2,1-3H3,(H,15,18)(H,16,17). The number of rotatable bonds is 5. The van der Waals surface area contributed by atoms with Gasteiger partial charge >= 0.3 is 0 Å². The van der Waals surface area contributed by atoms with E-state index in [4.69, 9.17) is 5.26 Å². The van der Waals surface area contributed by atoms with Crippen LogP contribution in [0.3, 0.4) is 0 Å². The molecule has 0 aliphatic heterocycles. The first kappa shape index (κ1) is 14.0. The Hall–Kier alpha value is -2.09. The lowest BCUT2D eigenvalue weighted by Crippen LogP contribution is -2.23. The Bertz CT molecular complexity index is 477. The summed E-state index contributed by atoms with van der Waals surface area (Å²) < 4.78 is 0. The molecule has 0 saturated carbocycles. The molecule has 0 aliphatic rings. The summed E-state index contributed by atoms with van der Waals surface area (Å²) in [6.45, 7) is 6.58. The van der Waals surface area contributed by atoms with E-state index in [1.807, 2.05) is 19.9 Å². The molecule has 0 spiro atoms. The van der Waals surface area contributed by atoms with Crippen LogP contribution in [0.15, 0.2) is 6.07 Å². The molecular formula is C13H18N4O. The fourth-order valence-electron chi connectivity index (χ4n) is 1.67. The zero-order chi connectivity index (χ0) is 13.5. The molecule has 1 heterocycles. The number of aryl methyl sites for hydroxylation is 2. The maximum Gasteiger partial charge on any atom is 0.216 e. The van der Waals surface area contributed by atoms with Gasteiger partial charge < -0.3 is 10.6 Å². The molecule has 0 aromatic carbocycles. The van der Waals surface area contributed by atoms with Crippen molar-refractivity contribution in [3.05, 3.63) is 22.9 Å². The van der Waals surface area contributed by atoms with E-state index in [0.717, 1.165) is 17.7 Å². The van der Waals surface area contributed by atoms with Crippen LogP contribution in [0.4, 0.5) is 5.82 Å². The van der Waals surface area contributed by atoms with Crippen molar-refractivity contribution in [3.63, 3.8) is 0 Å². The third kappa shape index (κ3) is 4.06. The summed E-state index contributed by atoms with van der Waals surface area (Å²) >= 11 is 0. The summed E-state index contributed by atoms with van der Waals surface area (Å²) in [5, 5.41) is 14.9. The Morgan fingerprint density at radius 3 is 2.78 bits per heavy atom. The molecular weight excluding hydrogens is 228 g/mol. The molecule has 5 nitrogen and oxygen atoms in total. The lowest BCUT2D eigenvalue weighted by Gasteiger charge is -2.10. The van der Waals surface area contributed by atoms with Crippen LogP contribution < -0.4 is 10.6 Å². The molecule has 0 fully saturated rings. The van der Waals surface area contributed by atoms with Gasteiger partial charge in [0, 0.05) is 25.7 Å². The first-order valence-electron chi connectivity index (χ1n) is 5.91. The van der Waals surface area contributed by atoms with E-state index >= 15 is 0 Å². The predicted molar refractivity (Wildman–Crippen MR) is 70.2 cm³/mol. The summed E-state index contributed by atoms with van der Waals surface area (Å²) in [6.07, 6.45) is 0.791. The van der Waals surface area contributed by atoms with Crippen LogP contribution in [0, 0.1) is 25.2 Å². The van der Waals surface area contributed by atoms with E-state index in [9.17, 15) is 4.79 Å². The summed E-state index contributed by atoms with van der Waals surface area (Å²) in [7, 11) is 0. The number of anilines is 1. The average Bonchev–Trinajstić information content (AvgIpc) is 2.27. The van der Waals surface area contributed by atoms with Crippen molar-refractivity contribution in [2.24, 2.45) is 0 Å². The SMILES string of the molecule is CC(=O)NCCCNc1nc(C)cc(C)c1C#N. The smallest absolute Gasteiger partial charge is 0.216 e. The highest BCUT2D eigenvalue weighted by Crippen LogP contribution is 2.17. The van der Waals surface area contributed by atoms with Gasteiger partial charge in [-0.1, -0.05) is 0 Å². The van der Waals surface area contributed by atoms with Gasteiger partial charge in [-0.15, -0.1) is 0 Å². The number of nitriles is 1. The molecule has 0 atom stereocenters. The third-order valence-electron chi connectivity index (χ3n) is 2.48. The second-order valence-electron chi connectivity index (χ2n) is 4.18. The minimum Gasteiger partial charge on any atom is -0.369 e. The van der Waals surface area contributed by atoms with Crippen LogP contribution in [0.5, 0.6) is 0 Å². The van der Waals surface area contributed by atoms with E-state index in [0.29, 0.717) is 24.5 Å². The monoisotopic (exact) mass is 246 g/mol. The van der Waals surface area contributed by atoms with Crippen LogP contribution in [-0.4, -0.2) is 24.0 Å². The molecule has 96 valence electrons. The lowest BCUT2D eigenvalue weighted by atomic mass is 10.1. The highest BCUT2D eigenvalue weighted by atomic mass is 16.1. The number of hydrogen-bond acceptors (Lipinski definition) is 4. The molecule has 1 amide bonds. The molecule has 1 aromatic rings. The molecule has 5 heteroatoms. The van der Waals surface area contributed by atoms with Gasteiger partial charge in [0.1, 0.15) is 11.9 Å². The number of amides is 1. The van der Waals surface area contributed by atoms with Gasteiger partial charge in [-0.3, -0.25) is 4.79 Å². The number of aromatic nitrogens is 1. The van der Waals surface area contributed by atoms with E-state index in [-0.39, 0.29) is 5.91 Å². The lowest BCUT2D eigenvalue weighted by molar-refractivity contribution is -0.118. The Morgan fingerprint density at radius 2 is 2.17 bits per heavy atom. The summed E-state index contributed by atoms with van der Waals surface area (Å²) in [4.78, 5) is 15.0. The van der Waals surface area contributed by atoms with Crippen LogP contribution in [0.2, 0.25) is 0 Å². The number of nitrogens with one attached hydrogen (secondary N) is 2. The van der Waals surface area contributed by atoms with E-state index in [2.05, 4.69) is 21.7 Å². The predicted octanol–water partition coefficient (Wildman–Crippen LogP) is 1.51. The highest BCUT2D eigenvalue weighted by Gasteiger charge is 2.07. The normalized spacial score (nSPS) is 9.67. The van der Waals surface area contributed by atoms with Gasteiger partial charge in [-0.2, -0.15) is 5.26 Å². The third-order valence-corrected chi connectivity index (χ3v) is 2.48. The molecule has 1 rings (SSSR count). The molecule has 2 N–H and O–H groups in total. The molecule has 0 aliphatic carbocycles. The number of pyridine rings is 1. The van der Waals surface area contributed by atoms with Gasteiger partial charge in [-0.25, -0.2) is 4.98 Å². The highest BCUT2D eigenvalue weighted by molar-refractivity contribution is 5.72. The van der Waals surface area contributed by atoms with Gasteiger partial charge in [0.25, 0.3) is 0 Å². The maximum absolute atomic E-state index is 10.7. The second-order valence-corrected chi connectivity index (χ2v) is 4.18. The molecule has 18 heavy (non-hydrogen) atoms. The van der Waals surface area contributed by atoms with Gasteiger partial charge in [0.15, 0.2) is 0 Å². The molecule has 0 unspecified atom stereocenters. The number of nitrogens with zero attached hydrogens (tertiary/aromatic N) is 2. The number of carbonyl (C=O) groups excluding carboxylic acids is 1. The van der Waals surface area contributed by atoms with Gasteiger partial charge in [-0.05, 0) is 31.9 Å². The Morgan fingerprint density at radius 1 is 1.44 bits per heavy atom. The van der Waals surface area contributed by atoms with Crippen molar-refractivity contribution in [2.45, 2.75) is 27.2 Å². The van der Waals surface area contributed by atoms with Gasteiger partial charge in [0.05, 0.1) is 5.56 Å². The van der Waals surface area contributed by atoms with Crippen molar-refractivity contribution in [1.82, 2.24) is 10.3 Å². The van der Waals surface area contributed by atoms with Crippen molar-refractivity contribution in [3.8, 4) is 6.07 Å². The van der Waals surface area contributed by atoms with Crippen LogP contribution in [-0.2, 0) is 4.79 Å². The summed E-state index contributed by atoms with van der Waals surface area (Å²) in [6, 6.07) is 4.05. The minimum atomic E-state index is -0.0303. The zero-order valence-corrected chi connectivity index (χ0v) is 11.0. The molecule has 0 radical (unpaired) electrons. The van der Waals surface area contributed by atoms with E-state index in [1.165, 1.54) is 6.92 Å². The van der Waals surface area contributed by atoms with Crippen molar-refractivity contribution in [1.29, 1.82) is 5.26 Å². The Kier molecular flexibility index (Phi) is 5.12. The maximum atomic E-state index is 10.7. The van der Waals surface area contributed by atoms with Crippen LogP contribution in [0.25, 0.3) is 0 Å². The van der Waals surface area contributed by atoms with Crippen molar-refractivity contribution in [2.75, 3.05) is 18.4 Å². The topological polar surface area (TPSA) is 77.8 Å². The summed E-state index contributed by atoms with van der Waals surface area (Å²) in [5.41, 5.74) is 2.39. The fourth-order valence-corrected chi connectivity index (χ4v) is 1.67. The first-order valence-corrected chi connectivity index (χ1v) is 5.91. The largest absolute Gasteiger partial charge is 0.369 e. The Labute approximate surface area is 107 Å². The second kappa shape index (κ2) is 6.60. The quantitative estimate of drug-likeness (QED) is 0.772. The van der Waals surface area contributed by atoms with Crippen LogP contribution in [0.1, 0.15) is 30.2 Å². The van der Waals surface area contributed by atoms with Crippen LogP contribution >= 0.6 is 0 Å². The van der Waals surface area contributed by atoms with Crippen molar-refractivity contribution < 1.29 is 4.79 Å². The average molecular weight is 246 g/mol.